The smallest absolute Gasteiger partial charge is 0.259 e. The minimum absolute atomic E-state index is 0.0886. The summed E-state index contributed by atoms with van der Waals surface area (Å²) in [6.07, 6.45) is 5.30. The molecule has 0 spiro atoms. The molecule has 1 aliphatic rings. The molecule has 0 unspecified atom stereocenters. The summed E-state index contributed by atoms with van der Waals surface area (Å²) in [5.74, 6) is 0.664. The number of nitrogens with zero attached hydrogens (tertiary/aromatic N) is 2. The number of ether oxygens (including phenoxy) is 1. The van der Waals surface area contributed by atoms with Gasteiger partial charge in [0.1, 0.15) is 11.8 Å². The topological polar surface area (TPSA) is 63.6 Å². The van der Waals surface area contributed by atoms with Crippen molar-refractivity contribution in [2.45, 2.75) is 38.3 Å². The zero-order valence-corrected chi connectivity index (χ0v) is 18.8. The Hall–Kier alpha value is -3.12. The van der Waals surface area contributed by atoms with E-state index in [0.717, 1.165) is 29.8 Å². The summed E-state index contributed by atoms with van der Waals surface area (Å²) in [7, 11) is 1.66. The average molecular weight is 434 g/mol. The zero-order valence-electron chi connectivity index (χ0n) is 18.8. The number of hydrogen-bond acceptors (Lipinski definition) is 4. The SMILES string of the molecule is COc1ccc([C@@H](CNC(=O)[C@@H](C)n2ccc3ccccc3c2=O)N2CCCCC2)cc1. The molecule has 32 heavy (non-hydrogen) atoms. The van der Waals surface area contributed by atoms with Crippen LogP contribution in [0.1, 0.15) is 43.8 Å². The molecular weight excluding hydrogens is 402 g/mol. The molecule has 3 aromatic rings. The molecule has 1 saturated heterocycles. The number of likely N-dealkylation sites (tertiary alicyclic amines) is 1. The van der Waals surface area contributed by atoms with E-state index >= 15 is 0 Å². The summed E-state index contributed by atoms with van der Waals surface area (Å²) in [5.41, 5.74) is 1.01. The quantitative estimate of drug-likeness (QED) is 0.614. The lowest BCUT2D eigenvalue weighted by atomic mass is 10.0. The molecule has 1 aromatic heterocycles. The number of rotatable bonds is 7. The van der Waals surface area contributed by atoms with E-state index in [-0.39, 0.29) is 17.5 Å². The number of methoxy groups -OCH3 is 1. The molecule has 0 aliphatic carbocycles. The minimum atomic E-state index is -0.593. The largest absolute Gasteiger partial charge is 0.497 e. The highest BCUT2D eigenvalue weighted by Crippen LogP contribution is 2.26. The third-order valence-corrected chi connectivity index (χ3v) is 6.44. The number of pyridine rings is 1. The number of aromatic nitrogens is 1. The van der Waals surface area contributed by atoms with E-state index in [1.54, 1.807) is 26.3 Å². The number of amides is 1. The van der Waals surface area contributed by atoms with E-state index in [9.17, 15) is 9.59 Å². The Morgan fingerprint density at radius 3 is 2.47 bits per heavy atom. The summed E-state index contributed by atoms with van der Waals surface area (Å²) in [6.45, 7) is 4.31. The lowest BCUT2D eigenvalue weighted by Gasteiger charge is -2.35. The third-order valence-electron chi connectivity index (χ3n) is 6.44. The van der Waals surface area contributed by atoms with E-state index in [1.807, 2.05) is 36.4 Å². The molecule has 6 nitrogen and oxygen atoms in total. The summed E-state index contributed by atoms with van der Waals surface area (Å²) in [5, 5.41) is 4.61. The molecule has 2 aromatic carbocycles. The lowest BCUT2D eigenvalue weighted by Crippen LogP contribution is -2.43. The second-order valence-electron chi connectivity index (χ2n) is 8.42. The number of hydrogen-bond donors (Lipinski definition) is 1. The van der Waals surface area contributed by atoms with E-state index in [2.05, 4.69) is 22.3 Å². The van der Waals surface area contributed by atoms with Crippen molar-refractivity contribution >= 4 is 16.7 Å². The van der Waals surface area contributed by atoms with Crippen LogP contribution in [0, 0.1) is 0 Å². The van der Waals surface area contributed by atoms with E-state index < -0.39 is 6.04 Å². The van der Waals surface area contributed by atoms with Crippen LogP contribution >= 0.6 is 0 Å². The Morgan fingerprint density at radius 2 is 1.75 bits per heavy atom. The Morgan fingerprint density at radius 1 is 1.03 bits per heavy atom. The number of piperidine rings is 1. The highest BCUT2D eigenvalue weighted by Gasteiger charge is 2.24. The van der Waals surface area contributed by atoms with Crippen LogP contribution in [0.4, 0.5) is 0 Å². The Labute approximate surface area is 188 Å². The maximum Gasteiger partial charge on any atom is 0.259 e. The van der Waals surface area contributed by atoms with Crippen LogP contribution in [-0.2, 0) is 4.79 Å². The van der Waals surface area contributed by atoms with Gasteiger partial charge in [0.25, 0.3) is 5.56 Å². The lowest BCUT2D eigenvalue weighted by molar-refractivity contribution is -0.124. The maximum absolute atomic E-state index is 13.0. The van der Waals surface area contributed by atoms with Gasteiger partial charge in [-0.15, -0.1) is 0 Å². The van der Waals surface area contributed by atoms with E-state index in [0.29, 0.717) is 11.9 Å². The molecule has 0 bridgehead atoms. The highest BCUT2D eigenvalue weighted by molar-refractivity contribution is 5.83. The van der Waals surface area contributed by atoms with Crippen LogP contribution in [0.25, 0.3) is 10.8 Å². The van der Waals surface area contributed by atoms with Gasteiger partial charge in [0.2, 0.25) is 5.91 Å². The predicted octanol–water partition coefficient (Wildman–Crippen LogP) is 3.91. The Kier molecular flexibility index (Phi) is 6.90. The standard InChI is InChI=1S/C26H31N3O3/c1-19(29-17-14-20-8-4-5-9-23(20)26(29)31)25(30)27-18-24(28-15-6-3-7-16-28)21-10-12-22(32-2)13-11-21/h4-5,8-14,17,19,24H,3,6-7,15-16,18H2,1-2H3,(H,27,30)/t19-,24-/m1/s1. The first-order chi connectivity index (χ1) is 15.6. The number of benzene rings is 2. The molecule has 2 heterocycles. The van der Waals surface area contributed by atoms with E-state index in [4.69, 9.17) is 4.74 Å². The van der Waals surface area contributed by atoms with Crippen molar-refractivity contribution < 1.29 is 9.53 Å². The normalized spacial score (nSPS) is 16.4. The first-order valence-electron chi connectivity index (χ1n) is 11.3. The van der Waals surface area contributed by atoms with Crippen molar-refractivity contribution in [3.63, 3.8) is 0 Å². The van der Waals surface area contributed by atoms with Crippen molar-refractivity contribution in [2.75, 3.05) is 26.7 Å². The number of carbonyl (C=O) groups excluding carboxylic acids is 1. The Bertz CT molecular complexity index is 1120. The van der Waals surface area contributed by atoms with Gasteiger partial charge in [-0.25, -0.2) is 0 Å². The molecule has 4 rings (SSSR count). The van der Waals surface area contributed by atoms with E-state index in [1.165, 1.54) is 23.8 Å². The van der Waals surface area contributed by atoms with Crippen LogP contribution < -0.4 is 15.6 Å². The maximum atomic E-state index is 13.0. The summed E-state index contributed by atoms with van der Waals surface area (Å²) in [6, 6.07) is 16.9. The van der Waals surface area contributed by atoms with Gasteiger partial charge in [-0.05, 0) is 68.1 Å². The van der Waals surface area contributed by atoms with Crippen LogP contribution in [0.3, 0.4) is 0 Å². The van der Waals surface area contributed by atoms with Gasteiger partial charge < -0.3 is 14.6 Å². The fraction of sp³-hybridized carbons (Fsp3) is 0.385. The van der Waals surface area contributed by atoms with Gasteiger partial charge in [-0.2, -0.15) is 0 Å². The number of nitrogens with one attached hydrogen (secondary N) is 1. The van der Waals surface area contributed by atoms with Crippen molar-refractivity contribution in [3.8, 4) is 5.75 Å². The molecule has 1 fully saturated rings. The van der Waals surface area contributed by atoms with Crippen molar-refractivity contribution in [1.29, 1.82) is 0 Å². The predicted molar refractivity (Wildman–Crippen MR) is 127 cm³/mol. The third kappa shape index (κ3) is 4.70. The highest BCUT2D eigenvalue weighted by atomic mass is 16.5. The summed E-state index contributed by atoms with van der Waals surface area (Å²) in [4.78, 5) is 28.4. The molecule has 0 saturated carbocycles. The van der Waals surface area contributed by atoms with Gasteiger partial charge in [-0.3, -0.25) is 14.5 Å². The zero-order chi connectivity index (χ0) is 22.5. The molecule has 1 amide bonds. The van der Waals surface area contributed by atoms with Crippen molar-refractivity contribution in [3.05, 3.63) is 76.7 Å². The molecule has 1 aliphatic heterocycles. The Balaban J connectivity index is 1.51. The molecule has 2 atom stereocenters. The molecule has 0 radical (unpaired) electrons. The fourth-order valence-electron chi connectivity index (χ4n) is 4.49. The van der Waals surface area contributed by atoms with Crippen LogP contribution in [0.15, 0.2) is 65.6 Å². The van der Waals surface area contributed by atoms with Crippen LogP contribution in [0.2, 0.25) is 0 Å². The molecule has 6 heteroatoms. The van der Waals surface area contributed by atoms with Crippen LogP contribution in [0.5, 0.6) is 5.75 Å². The van der Waals surface area contributed by atoms with Crippen LogP contribution in [-0.4, -0.2) is 42.1 Å². The average Bonchev–Trinajstić information content (AvgIpc) is 2.85. The molecular formula is C26H31N3O3. The second-order valence-corrected chi connectivity index (χ2v) is 8.42. The molecule has 1 N–H and O–H groups in total. The van der Waals surface area contributed by atoms with Crippen molar-refractivity contribution in [2.24, 2.45) is 0 Å². The summed E-state index contributed by atoms with van der Waals surface area (Å²) >= 11 is 0. The van der Waals surface area contributed by atoms with Gasteiger partial charge >= 0.3 is 0 Å². The second kappa shape index (κ2) is 10.0. The van der Waals surface area contributed by atoms with Gasteiger partial charge in [0.05, 0.1) is 13.2 Å². The monoisotopic (exact) mass is 433 g/mol. The first kappa shape index (κ1) is 22.1. The molecule has 168 valence electrons. The fourth-order valence-corrected chi connectivity index (χ4v) is 4.49. The van der Waals surface area contributed by atoms with Crippen molar-refractivity contribution in [1.82, 2.24) is 14.8 Å². The van der Waals surface area contributed by atoms with Gasteiger partial charge in [-0.1, -0.05) is 36.8 Å². The van der Waals surface area contributed by atoms with Gasteiger partial charge in [0.15, 0.2) is 0 Å². The van der Waals surface area contributed by atoms with Gasteiger partial charge in [0, 0.05) is 18.1 Å². The first-order valence-corrected chi connectivity index (χ1v) is 11.3. The minimum Gasteiger partial charge on any atom is -0.497 e. The number of fused-ring (bicyclic) bond motifs is 1. The summed E-state index contributed by atoms with van der Waals surface area (Å²) < 4.78 is 6.81. The number of carbonyl (C=O) groups is 1.